The summed E-state index contributed by atoms with van der Waals surface area (Å²) in [5, 5.41) is 0. The second kappa shape index (κ2) is 10.7. The van der Waals surface area contributed by atoms with E-state index in [4.69, 9.17) is 9.47 Å². The molecule has 0 amide bonds. The van der Waals surface area contributed by atoms with Crippen LogP contribution in [0.3, 0.4) is 0 Å². The molecule has 2 atom stereocenters. The van der Waals surface area contributed by atoms with E-state index < -0.39 is 0 Å². The molecule has 0 aromatic heterocycles. The SMILES string of the molecule is COCO[C@H](C#C/C=C\C#CI)[C@@H]1CCC(C)=C(CC=O)C1(C)C. The summed E-state index contributed by atoms with van der Waals surface area (Å²) < 4.78 is 13.7. The predicted octanol–water partition coefficient (Wildman–Crippen LogP) is 4.27. The van der Waals surface area contributed by atoms with Crippen LogP contribution in [0, 0.1) is 33.0 Å². The summed E-state index contributed by atoms with van der Waals surface area (Å²) in [5.74, 6) is 9.26. The van der Waals surface area contributed by atoms with Gasteiger partial charge in [0.2, 0.25) is 0 Å². The molecule has 0 N–H and O–H groups in total. The number of allylic oxidation sites excluding steroid dienone is 4. The molecule has 0 fully saturated rings. The summed E-state index contributed by atoms with van der Waals surface area (Å²) in [5.41, 5.74) is 2.40. The summed E-state index contributed by atoms with van der Waals surface area (Å²) in [7, 11) is 1.61. The van der Waals surface area contributed by atoms with Gasteiger partial charge in [0.25, 0.3) is 0 Å². The number of halogens is 1. The molecule has 0 saturated carbocycles. The van der Waals surface area contributed by atoms with Gasteiger partial charge in [0.15, 0.2) is 0 Å². The normalized spacial score (nSPS) is 20.8. The molecule has 130 valence electrons. The van der Waals surface area contributed by atoms with E-state index in [1.807, 2.05) is 22.6 Å². The first-order valence-electron chi connectivity index (χ1n) is 7.99. The second-order valence-corrected chi connectivity index (χ2v) is 6.89. The first-order chi connectivity index (χ1) is 11.5. The van der Waals surface area contributed by atoms with Crippen molar-refractivity contribution in [2.24, 2.45) is 11.3 Å². The van der Waals surface area contributed by atoms with E-state index >= 15 is 0 Å². The molecule has 0 aromatic carbocycles. The van der Waals surface area contributed by atoms with Gasteiger partial charge >= 0.3 is 0 Å². The van der Waals surface area contributed by atoms with E-state index in [2.05, 4.69) is 42.5 Å². The number of ether oxygens (including phenoxy) is 2. The lowest BCUT2D eigenvalue weighted by Crippen LogP contribution is -2.39. The summed E-state index contributed by atoms with van der Waals surface area (Å²) in [4.78, 5) is 11.1. The summed E-state index contributed by atoms with van der Waals surface area (Å²) >= 11 is 1.99. The van der Waals surface area contributed by atoms with Crippen LogP contribution >= 0.6 is 22.6 Å². The van der Waals surface area contributed by atoms with E-state index in [0.717, 1.165) is 19.1 Å². The van der Waals surface area contributed by atoms with Crippen molar-refractivity contribution in [3.63, 3.8) is 0 Å². The first-order valence-corrected chi connectivity index (χ1v) is 9.07. The highest BCUT2D eigenvalue weighted by molar-refractivity contribution is 14.1. The Bertz CT molecular complexity index is 608. The highest BCUT2D eigenvalue weighted by Gasteiger charge is 2.41. The van der Waals surface area contributed by atoms with E-state index in [-0.39, 0.29) is 24.2 Å². The molecular weight excluding hydrogens is 415 g/mol. The number of rotatable bonds is 6. The largest absolute Gasteiger partial charge is 0.359 e. The van der Waals surface area contributed by atoms with E-state index in [0.29, 0.717) is 6.42 Å². The van der Waals surface area contributed by atoms with E-state index in [1.54, 1.807) is 19.3 Å². The van der Waals surface area contributed by atoms with Crippen LogP contribution in [0.15, 0.2) is 23.3 Å². The van der Waals surface area contributed by atoms with Crippen molar-refractivity contribution in [2.75, 3.05) is 13.9 Å². The van der Waals surface area contributed by atoms with Gasteiger partial charge in [0.05, 0.1) is 0 Å². The number of hydrogen-bond acceptors (Lipinski definition) is 3. The lowest BCUT2D eigenvalue weighted by Gasteiger charge is -2.43. The lowest BCUT2D eigenvalue weighted by molar-refractivity contribution is -0.108. The van der Waals surface area contributed by atoms with Gasteiger partial charge in [-0.15, -0.1) is 0 Å². The van der Waals surface area contributed by atoms with Crippen LogP contribution in [0.5, 0.6) is 0 Å². The average Bonchev–Trinajstić information content (AvgIpc) is 2.54. The van der Waals surface area contributed by atoms with Gasteiger partial charge in [0, 0.05) is 42.0 Å². The standard InChI is InChI=1S/C20H25IO3/c1-16-10-11-18(20(2,3)17(16)12-14-22)19(24-15-23-4)9-7-5-6-8-13-21/h5-6,14,18-19H,10-12,15H2,1-4H3/b6-5-/t18-,19+/m0/s1. The number of carbonyl (C=O) groups excluding carboxylic acids is 1. The summed E-state index contributed by atoms with van der Waals surface area (Å²) in [6.45, 7) is 6.69. The third kappa shape index (κ3) is 5.77. The molecule has 0 aromatic rings. The Morgan fingerprint density at radius 1 is 1.38 bits per heavy atom. The molecule has 0 aliphatic heterocycles. The Labute approximate surface area is 159 Å². The smallest absolute Gasteiger partial charge is 0.148 e. The molecule has 0 unspecified atom stereocenters. The third-order valence-electron chi connectivity index (χ3n) is 4.60. The van der Waals surface area contributed by atoms with Crippen LogP contribution in [0.25, 0.3) is 0 Å². The Morgan fingerprint density at radius 2 is 2.08 bits per heavy atom. The van der Waals surface area contributed by atoms with Gasteiger partial charge in [-0.3, -0.25) is 0 Å². The topological polar surface area (TPSA) is 35.5 Å². The van der Waals surface area contributed by atoms with Crippen LogP contribution in [-0.4, -0.2) is 26.3 Å². The van der Waals surface area contributed by atoms with Crippen molar-refractivity contribution >= 4 is 28.9 Å². The lowest BCUT2D eigenvalue weighted by atomic mass is 9.63. The zero-order valence-corrected chi connectivity index (χ0v) is 17.0. The predicted molar refractivity (Wildman–Crippen MR) is 105 cm³/mol. The zero-order valence-electron chi connectivity index (χ0n) is 14.8. The molecule has 0 heterocycles. The Balaban J connectivity index is 3.08. The molecule has 0 spiro atoms. The van der Waals surface area contributed by atoms with Crippen molar-refractivity contribution in [3.8, 4) is 21.7 Å². The molecule has 0 saturated heterocycles. The van der Waals surface area contributed by atoms with Crippen LogP contribution in [0.1, 0.15) is 40.0 Å². The number of carbonyl (C=O) groups is 1. The van der Waals surface area contributed by atoms with Crippen LogP contribution in [0.2, 0.25) is 0 Å². The van der Waals surface area contributed by atoms with Crippen molar-refractivity contribution < 1.29 is 14.3 Å². The Kier molecular flexibility index (Phi) is 9.36. The van der Waals surface area contributed by atoms with Crippen molar-refractivity contribution in [2.45, 2.75) is 46.1 Å². The molecule has 1 aliphatic rings. The Hall–Kier alpha value is -1.08. The van der Waals surface area contributed by atoms with E-state index in [9.17, 15) is 4.79 Å². The van der Waals surface area contributed by atoms with E-state index in [1.165, 1.54) is 11.1 Å². The summed E-state index contributed by atoms with van der Waals surface area (Å²) in [6, 6.07) is 0. The van der Waals surface area contributed by atoms with Gasteiger partial charge in [-0.2, -0.15) is 0 Å². The minimum atomic E-state index is -0.244. The fourth-order valence-electron chi connectivity index (χ4n) is 3.35. The zero-order chi connectivity index (χ0) is 18.0. The maximum absolute atomic E-state index is 11.1. The second-order valence-electron chi connectivity index (χ2n) is 6.35. The number of hydrogen-bond donors (Lipinski definition) is 0. The van der Waals surface area contributed by atoms with Gasteiger partial charge in [-0.05, 0) is 41.3 Å². The monoisotopic (exact) mass is 440 g/mol. The summed E-state index contributed by atoms with van der Waals surface area (Å²) in [6.07, 6.45) is 6.64. The van der Waals surface area contributed by atoms with Gasteiger partial charge in [0.1, 0.15) is 19.2 Å². The van der Waals surface area contributed by atoms with Gasteiger partial charge in [-0.1, -0.05) is 42.8 Å². The van der Waals surface area contributed by atoms with Crippen molar-refractivity contribution in [3.05, 3.63) is 23.3 Å². The molecule has 0 radical (unpaired) electrons. The highest BCUT2D eigenvalue weighted by Crippen LogP contribution is 2.47. The maximum atomic E-state index is 11.1. The maximum Gasteiger partial charge on any atom is 0.148 e. The average molecular weight is 440 g/mol. The van der Waals surface area contributed by atoms with Crippen molar-refractivity contribution in [1.82, 2.24) is 0 Å². The quantitative estimate of drug-likeness (QED) is 0.204. The first kappa shape index (κ1) is 21.0. The molecule has 4 heteroatoms. The number of aldehydes is 1. The van der Waals surface area contributed by atoms with Crippen LogP contribution in [0.4, 0.5) is 0 Å². The van der Waals surface area contributed by atoms with Gasteiger partial charge < -0.3 is 14.3 Å². The molecule has 3 nitrogen and oxygen atoms in total. The fourth-order valence-corrected chi connectivity index (χ4v) is 3.53. The number of methoxy groups -OCH3 is 1. The minimum absolute atomic E-state index is 0.137. The third-order valence-corrected chi connectivity index (χ3v) is 4.91. The van der Waals surface area contributed by atoms with Gasteiger partial charge in [-0.25, -0.2) is 0 Å². The molecule has 1 aliphatic carbocycles. The fraction of sp³-hybridized carbons (Fsp3) is 0.550. The van der Waals surface area contributed by atoms with Crippen LogP contribution < -0.4 is 0 Å². The van der Waals surface area contributed by atoms with Crippen LogP contribution in [-0.2, 0) is 14.3 Å². The molecule has 1 rings (SSSR count). The highest BCUT2D eigenvalue weighted by atomic mass is 127. The Morgan fingerprint density at radius 3 is 2.71 bits per heavy atom. The molecule has 24 heavy (non-hydrogen) atoms. The van der Waals surface area contributed by atoms with Crippen molar-refractivity contribution in [1.29, 1.82) is 0 Å². The molecule has 0 bridgehead atoms. The molecular formula is C20H25IO3. The minimum Gasteiger partial charge on any atom is -0.359 e.